The van der Waals surface area contributed by atoms with E-state index < -0.39 is 0 Å². The van der Waals surface area contributed by atoms with Crippen molar-refractivity contribution in [2.45, 2.75) is 13.0 Å². The predicted molar refractivity (Wildman–Crippen MR) is 49.2 cm³/mol. The van der Waals surface area contributed by atoms with Crippen LogP contribution in [0.2, 0.25) is 0 Å². The quantitative estimate of drug-likeness (QED) is 0.684. The summed E-state index contributed by atoms with van der Waals surface area (Å²) in [5, 5.41) is 4.28. The molecule has 0 spiro atoms. The Balaban J connectivity index is 2.11. The molecule has 1 rings (SSSR count). The number of methoxy groups -OCH3 is 1. The summed E-state index contributed by atoms with van der Waals surface area (Å²) in [4.78, 5) is 4.25. The Morgan fingerprint density at radius 1 is 1.82 bits per heavy atom. The number of hydrogen-bond acceptors (Lipinski definition) is 4. The van der Waals surface area contributed by atoms with Crippen molar-refractivity contribution in [3.8, 4) is 0 Å². The molecule has 0 saturated carbocycles. The molecule has 0 aromatic carbocycles. The summed E-state index contributed by atoms with van der Waals surface area (Å²) >= 11 is 1.78. The number of nitrogens with one attached hydrogen (secondary N) is 1. The maximum Gasteiger partial charge on any atom is 0.156 e. The molecule has 0 fully saturated rings. The molecule has 11 heavy (non-hydrogen) atoms. The maximum atomic E-state index is 5.08. The van der Waals surface area contributed by atoms with Crippen molar-refractivity contribution < 1.29 is 4.74 Å². The smallest absolute Gasteiger partial charge is 0.156 e. The van der Waals surface area contributed by atoms with E-state index in [0.717, 1.165) is 24.0 Å². The van der Waals surface area contributed by atoms with E-state index in [2.05, 4.69) is 10.3 Å². The summed E-state index contributed by atoms with van der Waals surface area (Å²) in [6.07, 6.45) is 0.263. The largest absolute Gasteiger partial charge is 0.380 e. The van der Waals surface area contributed by atoms with Gasteiger partial charge in [-0.15, -0.1) is 0 Å². The number of thioether (sulfide) groups is 1. The van der Waals surface area contributed by atoms with Crippen LogP contribution in [0.25, 0.3) is 0 Å². The van der Waals surface area contributed by atoms with Gasteiger partial charge in [0.05, 0.1) is 12.6 Å². The molecular formula is C7H14N2OS. The van der Waals surface area contributed by atoms with Gasteiger partial charge >= 0.3 is 0 Å². The van der Waals surface area contributed by atoms with Crippen LogP contribution < -0.4 is 5.32 Å². The third kappa shape index (κ3) is 3.12. The molecule has 1 atom stereocenters. The Labute approximate surface area is 71.6 Å². The highest BCUT2D eigenvalue weighted by atomic mass is 32.2. The number of hydrogen-bond donors (Lipinski definition) is 1. The first-order chi connectivity index (χ1) is 5.33. The van der Waals surface area contributed by atoms with E-state index in [1.54, 1.807) is 18.9 Å². The van der Waals surface area contributed by atoms with Gasteiger partial charge in [0, 0.05) is 19.4 Å². The molecule has 3 nitrogen and oxygen atoms in total. The van der Waals surface area contributed by atoms with Crippen LogP contribution in [0.4, 0.5) is 0 Å². The number of rotatable bonds is 3. The molecule has 4 heteroatoms. The number of ether oxygens (including phenoxy) is 1. The Morgan fingerprint density at radius 2 is 2.64 bits per heavy atom. The van der Waals surface area contributed by atoms with Crippen molar-refractivity contribution in [3.05, 3.63) is 0 Å². The van der Waals surface area contributed by atoms with E-state index in [1.807, 2.05) is 6.92 Å². The van der Waals surface area contributed by atoms with Crippen molar-refractivity contribution in [2.24, 2.45) is 4.99 Å². The van der Waals surface area contributed by atoms with Crippen LogP contribution >= 0.6 is 11.8 Å². The average molecular weight is 174 g/mol. The van der Waals surface area contributed by atoms with Gasteiger partial charge in [0.15, 0.2) is 5.17 Å². The molecule has 0 amide bonds. The minimum Gasteiger partial charge on any atom is -0.380 e. The van der Waals surface area contributed by atoms with Crippen molar-refractivity contribution in [1.29, 1.82) is 0 Å². The molecule has 1 heterocycles. The van der Waals surface area contributed by atoms with Crippen LogP contribution in [0.5, 0.6) is 0 Å². The van der Waals surface area contributed by atoms with Gasteiger partial charge in [-0.25, -0.2) is 0 Å². The summed E-state index contributed by atoms with van der Waals surface area (Å²) in [6.45, 7) is 3.84. The van der Waals surface area contributed by atoms with Gasteiger partial charge in [-0.05, 0) is 6.92 Å². The molecule has 1 aliphatic rings. The maximum absolute atomic E-state index is 5.08. The molecule has 0 bridgehead atoms. The highest BCUT2D eigenvalue weighted by Gasteiger charge is 2.07. The summed E-state index contributed by atoms with van der Waals surface area (Å²) < 4.78 is 5.08. The number of amidine groups is 1. The molecule has 1 aliphatic heterocycles. The van der Waals surface area contributed by atoms with Crippen LogP contribution in [0.3, 0.4) is 0 Å². The van der Waals surface area contributed by atoms with Gasteiger partial charge in [0.1, 0.15) is 0 Å². The van der Waals surface area contributed by atoms with Crippen molar-refractivity contribution >= 4 is 16.9 Å². The Bertz CT molecular complexity index is 149. The molecule has 0 aliphatic carbocycles. The first-order valence-electron chi connectivity index (χ1n) is 3.77. The highest BCUT2D eigenvalue weighted by molar-refractivity contribution is 8.14. The Morgan fingerprint density at radius 3 is 3.18 bits per heavy atom. The summed E-state index contributed by atoms with van der Waals surface area (Å²) in [5.74, 6) is 1.11. The van der Waals surface area contributed by atoms with E-state index in [0.29, 0.717) is 0 Å². The van der Waals surface area contributed by atoms with Crippen molar-refractivity contribution in [2.75, 3.05) is 26.0 Å². The summed E-state index contributed by atoms with van der Waals surface area (Å²) in [5.41, 5.74) is 0. The number of nitrogens with zero attached hydrogens (tertiary/aromatic N) is 1. The van der Waals surface area contributed by atoms with E-state index >= 15 is 0 Å². The van der Waals surface area contributed by atoms with E-state index in [9.17, 15) is 0 Å². The fourth-order valence-corrected chi connectivity index (χ4v) is 1.50. The molecular weight excluding hydrogens is 160 g/mol. The lowest BCUT2D eigenvalue weighted by atomic mass is 10.4. The minimum atomic E-state index is 0.263. The zero-order valence-corrected chi connectivity index (χ0v) is 7.78. The van der Waals surface area contributed by atoms with Crippen LogP contribution in [0, 0.1) is 0 Å². The van der Waals surface area contributed by atoms with Gasteiger partial charge in [-0.1, -0.05) is 11.8 Å². The monoisotopic (exact) mass is 174 g/mol. The molecule has 0 aromatic heterocycles. The second-order valence-electron chi connectivity index (χ2n) is 2.46. The topological polar surface area (TPSA) is 33.6 Å². The molecule has 1 unspecified atom stereocenters. The van der Waals surface area contributed by atoms with Gasteiger partial charge in [-0.3, -0.25) is 4.99 Å². The second kappa shape index (κ2) is 4.62. The lowest BCUT2D eigenvalue weighted by Gasteiger charge is -2.10. The summed E-state index contributed by atoms with van der Waals surface area (Å²) in [7, 11) is 1.72. The number of aliphatic imine (C=N–C) groups is 1. The summed E-state index contributed by atoms with van der Waals surface area (Å²) in [6, 6.07) is 0. The lowest BCUT2D eigenvalue weighted by molar-refractivity contribution is 0.121. The second-order valence-corrected chi connectivity index (χ2v) is 3.55. The molecule has 0 aromatic rings. The van der Waals surface area contributed by atoms with Crippen LogP contribution in [-0.4, -0.2) is 37.2 Å². The van der Waals surface area contributed by atoms with E-state index in [1.165, 1.54) is 0 Å². The lowest BCUT2D eigenvalue weighted by Crippen LogP contribution is -2.28. The third-order valence-corrected chi connectivity index (χ3v) is 2.46. The zero-order valence-electron chi connectivity index (χ0n) is 6.96. The highest BCUT2D eigenvalue weighted by Crippen LogP contribution is 2.08. The van der Waals surface area contributed by atoms with Gasteiger partial charge in [-0.2, -0.15) is 0 Å². The fraction of sp³-hybridized carbons (Fsp3) is 0.857. The van der Waals surface area contributed by atoms with Crippen LogP contribution in [0.1, 0.15) is 6.92 Å². The Kier molecular flexibility index (Phi) is 3.72. The van der Waals surface area contributed by atoms with Gasteiger partial charge in [0.25, 0.3) is 0 Å². The van der Waals surface area contributed by atoms with E-state index in [-0.39, 0.29) is 6.10 Å². The molecule has 1 N–H and O–H groups in total. The SMILES string of the molecule is COC(C)CNC1=NCCS1. The van der Waals surface area contributed by atoms with Crippen LogP contribution in [0.15, 0.2) is 4.99 Å². The zero-order chi connectivity index (χ0) is 8.10. The van der Waals surface area contributed by atoms with Gasteiger partial charge in [0.2, 0.25) is 0 Å². The standard InChI is InChI=1S/C7H14N2OS/c1-6(10-2)5-9-7-8-3-4-11-7/h6H,3-5H2,1-2H3,(H,8,9). The van der Waals surface area contributed by atoms with Gasteiger partial charge < -0.3 is 10.1 Å². The molecule has 0 saturated heterocycles. The van der Waals surface area contributed by atoms with Crippen molar-refractivity contribution in [3.63, 3.8) is 0 Å². The normalized spacial score (nSPS) is 19.6. The first-order valence-corrected chi connectivity index (χ1v) is 4.75. The van der Waals surface area contributed by atoms with Crippen molar-refractivity contribution in [1.82, 2.24) is 5.32 Å². The minimum absolute atomic E-state index is 0.263. The van der Waals surface area contributed by atoms with E-state index in [4.69, 9.17) is 4.74 Å². The molecule has 0 radical (unpaired) electrons. The fourth-order valence-electron chi connectivity index (χ4n) is 0.756. The Hall–Kier alpha value is -0.220. The van der Waals surface area contributed by atoms with Crippen LogP contribution in [-0.2, 0) is 4.74 Å². The third-order valence-electron chi connectivity index (χ3n) is 1.53. The predicted octanol–water partition coefficient (Wildman–Crippen LogP) is 0.714. The first kappa shape index (κ1) is 8.87. The molecule has 64 valence electrons. The average Bonchev–Trinajstić information content (AvgIpc) is 2.52.